The third-order valence-corrected chi connectivity index (χ3v) is 10.6. The van der Waals surface area contributed by atoms with E-state index in [4.69, 9.17) is 9.47 Å². The number of ether oxygens (including phenoxy) is 2. The largest absolute Gasteiger partial charge is 0.344 e. The van der Waals surface area contributed by atoms with Crippen molar-refractivity contribution in [2.45, 2.75) is 212 Å². The van der Waals surface area contributed by atoms with Crippen LogP contribution in [0.4, 0.5) is 0 Å². The van der Waals surface area contributed by atoms with E-state index in [-0.39, 0.29) is 18.0 Å². The molecule has 1 saturated carbocycles. The maximum absolute atomic E-state index is 12.6. The Morgan fingerprint density at radius 1 is 0.580 bits per heavy atom. The van der Waals surface area contributed by atoms with Gasteiger partial charge in [-0.1, -0.05) is 140 Å². The average molecular weight is 696 g/mol. The van der Waals surface area contributed by atoms with Gasteiger partial charge in [0.05, 0.1) is 12.2 Å². The number of rotatable bonds is 33. The van der Waals surface area contributed by atoms with E-state index in [0.717, 1.165) is 45.1 Å². The second-order valence-corrected chi connectivity index (χ2v) is 15.8. The second-order valence-electron chi connectivity index (χ2n) is 15.8. The molecule has 1 unspecified atom stereocenters. The van der Waals surface area contributed by atoms with E-state index in [9.17, 15) is 4.79 Å². The molecule has 3 atom stereocenters. The number of nitrogens with zero attached hydrogens (tertiary/aromatic N) is 1. The fraction of sp³-hybridized carbons (Fsp3) is 0.804. The molecule has 50 heavy (non-hydrogen) atoms. The molecule has 1 aliphatic heterocycles. The van der Waals surface area contributed by atoms with Gasteiger partial charge in [0.25, 0.3) is 0 Å². The van der Waals surface area contributed by atoms with Crippen molar-refractivity contribution in [2.75, 3.05) is 20.6 Å². The van der Waals surface area contributed by atoms with Crippen molar-refractivity contribution >= 4 is 5.78 Å². The van der Waals surface area contributed by atoms with Crippen molar-refractivity contribution in [1.82, 2.24) is 4.90 Å². The predicted octanol–water partition coefficient (Wildman–Crippen LogP) is 13.4. The summed E-state index contributed by atoms with van der Waals surface area (Å²) in [5.41, 5.74) is 0. The number of fused-ring (bicyclic) bond motifs is 1. The standard InChI is InChI=1S/C46H81NO3/c1-5-7-9-11-13-15-17-19-21-23-25-27-29-31-33-36-46(37-34-32-30-28-26-24-22-20-18-16-14-12-10-8-6-2)49-44-40-42(41-45(44)50-46)39-43(48)35-38-47(3)4/h11-14,17-20,42,44-45H,5-10,15-16,21-41H2,1-4H3/b13-11-,14-12-,19-17-,20-18-/t42?,44-,45+. The first-order chi connectivity index (χ1) is 24.5. The Balaban J connectivity index is 1.65. The van der Waals surface area contributed by atoms with Crippen LogP contribution in [0.1, 0.15) is 194 Å². The maximum atomic E-state index is 12.6. The van der Waals surface area contributed by atoms with Crippen LogP contribution in [0.2, 0.25) is 0 Å². The van der Waals surface area contributed by atoms with Crippen molar-refractivity contribution < 1.29 is 14.3 Å². The highest BCUT2D eigenvalue weighted by Crippen LogP contribution is 2.46. The monoisotopic (exact) mass is 696 g/mol. The zero-order valence-corrected chi connectivity index (χ0v) is 33.5. The lowest BCUT2D eigenvalue weighted by molar-refractivity contribution is -0.193. The van der Waals surface area contributed by atoms with Gasteiger partial charge in [-0.3, -0.25) is 4.79 Å². The van der Waals surface area contributed by atoms with Gasteiger partial charge in [0, 0.05) is 32.2 Å². The van der Waals surface area contributed by atoms with Gasteiger partial charge in [0.15, 0.2) is 5.79 Å². The van der Waals surface area contributed by atoms with E-state index < -0.39 is 0 Å². The van der Waals surface area contributed by atoms with Crippen LogP contribution in [0.3, 0.4) is 0 Å². The molecular formula is C46H81NO3. The molecule has 2 aliphatic rings. The van der Waals surface area contributed by atoms with Gasteiger partial charge in [-0.25, -0.2) is 0 Å². The minimum absolute atomic E-state index is 0.182. The summed E-state index contributed by atoms with van der Waals surface area (Å²) in [6.07, 6.45) is 52.2. The molecule has 1 saturated heterocycles. The minimum Gasteiger partial charge on any atom is -0.344 e. The fourth-order valence-corrected chi connectivity index (χ4v) is 7.57. The number of carbonyl (C=O) groups is 1. The maximum Gasteiger partial charge on any atom is 0.169 e. The van der Waals surface area contributed by atoms with E-state index in [1.807, 2.05) is 14.1 Å². The predicted molar refractivity (Wildman–Crippen MR) is 217 cm³/mol. The van der Waals surface area contributed by atoms with Crippen LogP contribution in [0.15, 0.2) is 48.6 Å². The van der Waals surface area contributed by atoms with E-state index >= 15 is 0 Å². The molecular weight excluding hydrogens is 615 g/mol. The lowest BCUT2D eigenvalue weighted by Crippen LogP contribution is -2.32. The summed E-state index contributed by atoms with van der Waals surface area (Å²) in [5.74, 6) is 0.430. The molecule has 2 fully saturated rings. The first kappa shape index (κ1) is 44.7. The molecule has 0 bridgehead atoms. The number of Topliss-reactive ketones (excluding diaryl/α,β-unsaturated/α-hetero) is 1. The average Bonchev–Trinajstić information content (AvgIpc) is 3.62. The van der Waals surface area contributed by atoms with Crippen molar-refractivity contribution in [2.24, 2.45) is 5.92 Å². The fourth-order valence-electron chi connectivity index (χ4n) is 7.57. The molecule has 1 heterocycles. The summed E-state index contributed by atoms with van der Waals surface area (Å²) in [4.78, 5) is 14.7. The number of hydrogen-bond acceptors (Lipinski definition) is 4. The molecule has 0 N–H and O–H groups in total. The van der Waals surface area contributed by atoms with E-state index in [1.165, 1.54) is 128 Å². The molecule has 4 heteroatoms. The van der Waals surface area contributed by atoms with Crippen LogP contribution in [0.25, 0.3) is 0 Å². The summed E-state index contributed by atoms with van der Waals surface area (Å²) in [5, 5.41) is 0. The number of ketones is 1. The normalized spacial score (nSPS) is 20.5. The first-order valence-corrected chi connectivity index (χ1v) is 21.6. The quantitative estimate of drug-likeness (QED) is 0.0506. The Bertz CT molecular complexity index is 872. The molecule has 0 spiro atoms. The van der Waals surface area contributed by atoms with E-state index in [0.29, 0.717) is 24.5 Å². The number of allylic oxidation sites excluding steroid dienone is 8. The summed E-state index contributed by atoms with van der Waals surface area (Å²) in [7, 11) is 4.08. The van der Waals surface area contributed by atoms with E-state index in [2.05, 4.69) is 67.4 Å². The van der Waals surface area contributed by atoms with Crippen LogP contribution in [-0.4, -0.2) is 49.3 Å². The summed E-state index contributed by atoms with van der Waals surface area (Å²) in [6.45, 7) is 5.35. The van der Waals surface area contributed by atoms with Gasteiger partial charge < -0.3 is 14.4 Å². The highest BCUT2D eigenvalue weighted by molar-refractivity contribution is 5.78. The van der Waals surface area contributed by atoms with Crippen LogP contribution in [-0.2, 0) is 14.3 Å². The molecule has 0 aromatic carbocycles. The van der Waals surface area contributed by atoms with Crippen LogP contribution in [0, 0.1) is 5.92 Å². The Morgan fingerprint density at radius 2 is 0.980 bits per heavy atom. The van der Waals surface area contributed by atoms with Gasteiger partial charge in [-0.05, 0) is 97.1 Å². The van der Waals surface area contributed by atoms with Crippen molar-refractivity contribution in [3.05, 3.63) is 48.6 Å². The van der Waals surface area contributed by atoms with Crippen molar-refractivity contribution in [1.29, 1.82) is 0 Å². The van der Waals surface area contributed by atoms with Crippen LogP contribution < -0.4 is 0 Å². The Morgan fingerprint density at radius 3 is 1.40 bits per heavy atom. The first-order valence-electron chi connectivity index (χ1n) is 21.6. The summed E-state index contributed by atoms with van der Waals surface area (Å²) in [6, 6.07) is 0. The number of carbonyl (C=O) groups excluding carboxylic acids is 1. The highest BCUT2D eigenvalue weighted by atomic mass is 16.8. The van der Waals surface area contributed by atoms with Gasteiger partial charge in [0.1, 0.15) is 5.78 Å². The van der Waals surface area contributed by atoms with Crippen molar-refractivity contribution in [3.8, 4) is 0 Å². The highest BCUT2D eigenvalue weighted by Gasteiger charge is 2.51. The van der Waals surface area contributed by atoms with Crippen LogP contribution >= 0.6 is 0 Å². The third-order valence-electron chi connectivity index (χ3n) is 10.6. The number of unbranched alkanes of at least 4 members (excludes halogenated alkanes) is 16. The zero-order valence-electron chi connectivity index (χ0n) is 33.5. The zero-order chi connectivity index (χ0) is 36.0. The molecule has 0 radical (unpaired) electrons. The van der Waals surface area contributed by atoms with Crippen molar-refractivity contribution in [3.63, 3.8) is 0 Å². The minimum atomic E-state index is -0.388. The smallest absolute Gasteiger partial charge is 0.169 e. The molecule has 288 valence electrons. The van der Waals surface area contributed by atoms with Gasteiger partial charge >= 0.3 is 0 Å². The molecule has 0 aromatic rings. The summed E-state index contributed by atoms with van der Waals surface area (Å²) < 4.78 is 13.7. The lowest BCUT2D eigenvalue weighted by Gasteiger charge is -2.30. The topological polar surface area (TPSA) is 38.8 Å². The molecule has 1 aliphatic carbocycles. The van der Waals surface area contributed by atoms with Gasteiger partial charge in [-0.15, -0.1) is 0 Å². The number of hydrogen-bond donors (Lipinski definition) is 0. The molecule has 2 rings (SSSR count). The lowest BCUT2D eigenvalue weighted by atomic mass is 9.97. The Kier molecular flexibility index (Phi) is 26.8. The Labute approximate surface area is 311 Å². The summed E-state index contributed by atoms with van der Waals surface area (Å²) >= 11 is 0. The molecule has 0 aromatic heterocycles. The third kappa shape index (κ3) is 22.4. The SMILES string of the molecule is CCCC/C=C\C/C=C\CCCCCCCCC1(CCCCCCCC/C=C\C/C=C\CCCC)O[C@H]2CC(CC(=O)CCN(C)C)C[C@H]2O1. The van der Waals surface area contributed by atoms with Gasteiger partial charge in [0.2, 0.25) is 0 Å². The van der Waals surface area contributed by atoms with Crippen LogP contribution in [0.5, 0.6) is 0 Å². The molecule has 4 nitrogen and oxygen atoms in total. The molecule has 0 amide bonds. The van der Waals surface area contributed by atoms with Gasteiger partial charge in [-0.2, -0.15) is 0 Å². The Hall–Kier alpha value is -1.49. The van der Waals surface area contributed by atoms with E-state index in [1.54, 1.807) is 0 Å². The second kappa shape index (κ2) is 30.0.